The minimum atomic E-state index is -0.632. The SMILES string of the molecule is O=C(C[C@H]1S/C(=N/N=C2/CSC(=O)N2)NC1=O)Nc1ccc(F)cc1. The van der Waals surface area contributed by atoms with E-state index in [0.717, 1.165) is 23.5 Å². The van der Waals surface area contributed by atoms with Crippen LogP contribution < -0.4 is 16.0 Å². The van der Waals surface area contributed by atoms with Gasteiger partial charge in [0.05, 0.1) is 5.75 Å². The van der Waals surface area contributed by atoms with E-state index in [1.807, 2.05) is 0 Å². The van der Waals surface area contributed by atoms with Gasteiger partial charge in [-0.15, -0.1) is 10.2 Å². The van der Waals surface area contributed by atoms with Crippen LogP contribution in [0.1, 0.15) is 6.42 Å². The summed E-state index contributed by atoms with van der Waals surface area (Å²) < 4.78 is 12.8. The predicted octanol–water partition coefficient (Wildman–Crippen LogP) is 1.51. The summed E-state index contributed by atoms with van der Waals surface area (Å²) in [5.41, 5.74) is 0.449. The molecule has 3 amide bonds. The summed E-state index contributed by atoms with van der Waals surface area (Å²) in [4.78, 5) is 34.9. The van der Waals surface area contributed by atoms with Gasteiger partial charge in [0.25, 0.3) is 5.24 Å². The first kappa shape index (κ1) is 17.4. The van der Waals surface area contributed by atoms with E-state index in [4.69, 9.17) is 0 Å². The first-order valence-corrected chi connectivity index (χ1v) is 8.97. The fourth-order valence-corrected chi connectivity index (χ4v) is 3.49. The average molecular weight is 381 g/mol. The lowest BCUT2D eigenvalue weighted by atomic mass is 10.2. The highest BCUT2D eigenvalue weighted by molar-refractivity contribution is 8.15. The molecule has 2 saturated heterocycles. The van der Waals surface area contributed by atoms with Crippen LogP contribution in [0.25, 0.3) is 0 Å². The summed E-state index contributed by atoms with van der Waals surface area (Å²) >= 11 is 2.16. The van der Waals surface area contributed by atoms with Crippen molar-refractivity contribution in [2.75, 3.05) is 11.1 Å². The standard InChI is InChI=1S/C14H12FN5O3S2/c15-7-1-3-8(4-2-7)16-11(21)5-9-12(22)18-13(25-9)20-19-10-6-24-14(23)17-10/h1-4,9H,5-6H2,(H,16,21)(H,17,19,23)(H,18,20,22)/t9-/m1/s1. The summed E-state index contributed by atoms with van der Waals surface area (Å²) in [5, 5.41) is 14.8. The molecule has 25 heavy (non-hydrogen) atoms. The van der Waals surface area contributed by atoms with Crippen LogP contribution in [0.3, 0.4) is 0 Å². The Hall–Kier alpha value is -2.40. The molecule has 8 nitrogen and oxygen atoms in total. The van der Waals surface area contributed by atoms with Gasteiger partial charge in [-0.1, -0.05) is 23.5 Å². The van der Waals surface area contributed by atoms with E-state index in [9.17, 15) is 18.8 Å². The van der Waals surface area contributed by atoms with Crippen molar-refractivity contribution < 1.29 is 18.8 Å². The van der Waals surface area contributed by atoms with Gasteiger partial charge in [-0.2, -0.15) is 0 Å². The van der Waals surface area contributed by atoms with Gasteiger partial charge in [0, 0.05) is 12.1 Å². The highest BCUT2D eigenvalue weighted by atomic mass is 32.2. The highest BCUT2D eigenvalue weighted by Crippen LogP contribution is 2.23. The van der Waals surface area contributed by atoms with E-state index in [0.29, 0.717) is 17.3 Å². The number of hydrogen-bond donors (Lipinski definition) is 3. The van der Waals surface area contributed by atoms with Crippen molar-refractivity contribution in [3.8, 4) is 0 Å². The number of amides is 3. The largest absolute Gasteiger partial charge is 0.326 e. The van der Waals surface area contributed by atoms with Crippen LogP contribution in [0.15, 0.2) is 34.5 Å². The summed E-state index contributed by atoms with van der Waals surface area (Å²) in [5.74, 6) is -0.301. The maximum atomic E-state index is 12.8. The molecule has 2 fully saturated rings. The molecule has 1 aromatic rings. The fraction of sp³-hybridized carbons (Fsp3) is 0.214. The molecule has 130 valence electrons. The zero-order chi connectivity index (χ0) is 17.8. The normalized spacial score (nSPS) is 23.0. The molecule has 1 aromatic carbocycles. The van der Waals surface area contributed by atoms with Crippen LogP contribution in [0.5, 0.6) is 0 Å². The number of nitrogens with one attached hydrogen (secondary N) is 3. The summed E-state index contributed by atoms with van der Waals surface area (Å²) in [7, 11) is 0. The molecule has 3 N–H and O–H groups in total. The summed E-state index contributed by atoms with van der Waals surface area (Å²) in [6.45, 7) is 0. The molecular formula is C14H12FN5O3S2. The lowest BCUT2D eigenvalue weighted by molar-refractivity contribution is -0.122. The number of amidine groups is 2. The molecule has 0 saturated carbocycles. The van der Waals surface area contributed by atoms with Gasteiger partial charge < -0.3 is 16.0 Å². The first-order chi connectivity index (χ1) is 12.0. The minimum absolute atomic E-state index is 0.0595. The second-order valence-corrected chi connectivity index (χ2v) is 7.15. The third-order valence-corrected chi connectivity index (χ3v) is 4.98. The Morgan fingerprint density at radius 3 is 2.68 bits per heavy atom. The number of rotatable bonds is 4. The Labute approximate surface area is 150 Å². The van der Waals surface area contributed by atoms with Gasteiger partial charge in [-0.25, -0.2) is 4.39 Å². The lowest BCUT2D eigenvalue weighted by Crippen LogP contribution is -2.28. The van der Waals surface area contributed by atoms with Crippen molar-refractivity contribution in [3.05, 3.63) is 30.1 Å². The lowest BCUT2D eigenvalue weighted by Gasteiger charge is -2.07. The van der Waals surface area contributed by atoms with Crippen LogP contribution in [-0.2, 0) is 9.59 Å². The number of hydrogen-bond acceptors (Lipinski definition) is 7. The van der Waals surface area contributed by atoms with Gasteiger partial charge in [0.15, 0.2) is 5.17 Å². The van der Waals surface area contributed by atoms with Crippen molar-refractivity contribution in [3.63, 3.8) is 0 Å². The summed E-state index contributed by atoms with van der Waals surface area (Å²) in [6.07, 6.45) is -0.0595. The molecule has 2 aliphatic heterocycles. The van der Waals surface area contributed by atoms with E-state index in [-0.39, 0.29) is 28.6 Å². The van der Waals surface area contributed by atoms with E-state index in [2.05, 4.69) is 26.2 Å². The molecule has 0 bridgehead atoms. The number of carbonyl (C=O) groups excluding carboxylic acids is 3. The van der Waals surface area contributed by atoms with Crippen molar-refractivity contribution in [1.29, 1.82) is 0 Å². The number of benzene rings is 1. The molecule has 0 aliphatic carbocycles. The van der Waals surface area contributed by atoms with E-state index in [1.54, 1.807) is 0 Å². The van der Waals surface area contributed by atoms with E-state index in [1.165, 1.54) is 24.3 Å². The topological polar surface area (TPSA) is 112 Å². The number of carbonyl (C=O) groups is 3. The Balaban J connectivity index is 1.54. The molecule has 3 rings (SSSR count). The minimum Gasteiger partial charge on any atom is -0.326 e. The molecule has 0 aromatic heterocycles. The molecule has 1 atom stereocenters. The predicted molar refractivity (Wildman–Crippen MR) is 95.0 cm³/mol. The fourth-order valence-electron chi connectivity index (χ4n) is 1.98. The number of thioether (sulfide) groups is 2. The molecular weight excluding hydrogens is 369 g/mol. The average Bonchev–Trinajstić information content (AvgIpc) is 3.14. The van der Waals surface area contributed by atoms with Crippen molar-refractivity contribution >= 4 is 57.3 Å². The molecule has 2 aliphatic rings. The first-order valence-electron chi connectivity index (χ1n) is 7.11. The van der Waals surface area contributed by atoms with Crippen molar-refractivity contribution in [2.24, 2.45) is 10.2 Å². The maximum absolute atomic E-state index is 12.8. The number of nitrogens with zero attached hydrogens (tertiary/aromatic N) is 2. The third kappa shape index (κ3) is 4.79. The molecule has 2 heterocycles. The molecule has 11 heteroatoms. The van der Waals surface area contributed by atoms with Gasteiger partial charge in [-0.05, 0) is 24.3 Å². The second kappa shape index (κ2) is 7.66. The van der Waals surface area contributed by atoms with Gasteiger partial charge >= 0.3 is 0 Å². The van der Waals surface area contributed by atoms with Gasteiger partial charge in [0.2, 0.25) is 11.8 Å². The Morgan fingerprint density at radius 2 is 2.00 bits per heavy atom. The smallest absolute Gasteiger partial charge is 0.284 e. The molecule has 0 unspecified atom stereocenters. The van der Waals surface area contributed by atoms with Crippen LogP contribution in [0, 0.1) is 5.82 Å². The van der Waals surface area contributed by atoms with Crippen molar-refractivity contribution in [2.45, 2.75) is 11.7 Å². The molecule has 0 radical (unpaired) electrons. The number of anilines is 1. The van der Waals surface area contributed by atoms with Crippen LogP contribution >= 0.6 is 23.5 Å². The maximum Gasteiger partial charge on any atom is 0.284 e. The quantitative estimate of drug-likeness (QED) is 0.685. The monoisotopic (exact) mass is 381 g/mol. The third-order valence-electron chi connectivity index (χ3n) is 3.12. The molecule has 0 spiro atoms. The van der Waals surface area contributed by atoms with Gasteiger partial charge in [0.1, 0.15) is 16.9 Å². The Kier molecular flexibility index (Phi) is 5.34. The van der Waals surface area contributed by atoms with E-state index >= 15 is 0 Å². The van der Waals surface area contributed by atoms with Crippen molar-refractivity contribution in [1.82, 2.24) is 10.6 Å². The van der Waals surface area contributed by atoms with Crippen LogP contribution in [-0.4, -0.2) is 39.1 Å². The number of halogens is 1. The van der Waals surface area contributed by atoms with Crippen LogP contribution in [0.4, 0.5) is 14.9 Å². The zero-order valence-corrected chi connectivity index (χ0v) is 14.2. The second-order valence-electron chi connectivity index (χ2n) is 5.01. The highest BCUT2D eigenvalue weighted by Gasteiger charge is 2.32. The van der Waals surface area contributed by atoms with Gasteiger partial charge in [-0.3, -0.25) is 14.4 Å². The summed E-state index contributed by atoms with van der Waals surface area (Å²) in [6, 6.07) is 5.34. The van der Waals surface area contributed by atoms with Crippen LogP contribution in [0.2, 0.25) is 0 Å². The Bertz CT molecular complexity index is 781. The Morgan fingerprint density at radius 1 is 1.24 bits per heavy atom. The van der Waals surface area contributed by atoms with E-state index < -0.39 is 11.1 Å². The zero-order valence-electron chi connectivity index (χ0n) is 12.6.